The van der Waals surface area contributed by atoms with Crippen LogP contribution < -0.4 is 207 Å². The van der Waals surface area contributed by atoms with Crippen LogP contribution in [0.2, 0.25) is 0 Å². The van der Waals surface area contributed by atoms with Gasteiger partial charge in [-0.15, -0.1) is 37.2 Å². The molecule has 0 N–H and O–H groups in total. The van der Waals surface area contributed by atoms with Gasteiger partial charge in [0.1, 0.15) is 0 Å². The minimum Gasteiger partial charge on any atom is -1.00 e. The molecule has 0 spiro atoms. The van der Waals surface area contributed by atoms with Crippen molar-refractivity contribution in [2.75, 3.05) is 0 Å². The summed E-state index contributed by atoms with van der Waals surface area (Å²) in [5, 5.41) is 0. The largest absolute Gasteiger partial charge is 1.00 e. The maximum atomic E-state index is 0. The average molecular weight is 277 g/mol. The maximum absolute atomic E-state index is 0. The Morgan fingerprint density at radius 3 is 0.300 bits per heavy atom. The molecule has 0 bridgehead atoms. The van der Waals surface area contributed by atoms with Gasteiger partial charge in [0.2, 0.25) is 0 Å². The van der Waals surface area contributed by atoms with Crippen molar-refractivity contribution in [2.24, 2.45) is 0 Å². The van der Waals surface area contributed by atoms with Crippen LogP contribution in [0.25, 0.3) is 0 Å². The van der Waals surface area contributed by atoms with Crippen molar-refractivity contribution in [3.63, 3.8) is 0 Å². The molecule has 0 aromatic carbocycles. The molecule has 0 radical (unpaired) electrons. The van der Waals surface area contributed by atoms with E-state index in [9.17, 15) is 0 Å². The van der Waals surface area contributed by atoms with Crippen LogP contribution in [0.5, 0.6) is 0 Å². The third-order valence-electron chi connectivity index (χ3n) is 0. The van der Waals surface area contributed by atoms with Gasteiger partial charge in [0.05, 0.1) is 0 Å². The van der Waals surface area contributed by atoms with Crippen molar-refractivity contribution in [3.05, 3.63) is 0 Å². The van der Waals surface area contributed by atoms with Crippen molar-refractivity contribution < 1.29 is 217 Å². The first kappa shape index (κ1) is 82.1. The van der Waals surface area contributed by atoms with E-state index in [1.807, 2.05) is 0 Å². The van der Waals surface area contributed by atoms with E-state index in [1.54, 1.807) is 0 Å². The summed E-state index contributed by atoms with van der Waals surface area (Å²) < 4.78 is 0. The molecule has 0 fully saturated rings. The summed E-state index contributed by atoms with van der Waals surface area (Å²) in [7, 11) is 0. The van der Waals surface area contributed by atoms with E-state index in [1.165, 1.54) is 0 Å². The Labute approximate surface area is 247 Å². The molecule has 0 unspecified atom stereocenters. The molecule has 0 nitrogen and oxygen atoms in total. The molecule has 0 rings (SSSR count). The molecule has 38 valence electrons. The van der Waals surface area contributed by atoms with Crippen molar-refractivity contribution >= 4 is 37.2 Å². The molecule has 0 aromatic heterocycles. The summed E-state index contributed by atoms with van der Waals surface area (Å²) in [6.45, 7) is 0. The molecule has 0 heterocycles. The molecule has 0 aliphatic carbocycles. The Morgan fingerprint density at radius 2 is 0.300 bits per heavy atom. The molecule has 0 aliphatic rings. The van der Waals surface area contributed by atoms with Crippen LogP contribution in [-0.4, -0.2) is 0 Å². The monoisotopic (exact) mass is 276 g/mol. The zero-order valence-corrected chi connectivity index (χ0v) is 24.7. The Bertz CT molecular complexity index is 25.4. The van der Waals surface area contributed by atoms with E-state index in [0.717, 1.165) is 0 Å². The molecule has 0 saturated heterocycles. The van der Waals surface area contributed by atoms with Gasteiger partial charge < -0.3 is 9.99 Å². The normalized spacial score (nSPS) is 0. The summed E-state index contributed by atoms with van der Waals surface area (Å²) in [6, 6.07) is 0. The van der Waals surface area contributed by atoms with Crippen LogP contribution in [0.1, 0.15) is 9.99 Å². The van der Waals surface area contributed by atoms with E-state index in [4.69, 9.17) is 0 Å². The van der Waals surface area contributed by atoms with Crippen LogP contribution >= 0.6 is 37.2 Å². The fraction of sp³-hybridized carbons (Fsp3) is 0. The first-order chi connectivity index (χ1) is 0. The predicted octanol–water partition coefficient (Wildman–Crippen LogP) is -18.9. The van der Waals surface area contributed by atoms with Gasteiger partial charge in [-0.3, -0.25) is 0 Å². The van der Waals surface area contributed by atoms with Gasteiger partial charge in [0, 0.05) is 0 Å². The average Bonchev–Trinajstić information content (AvgIpc) is 0. The molecule has 10 heteroatoms. The molecule has 0 aromatic rings. The Morgan fingerprint density at radius 1 is 0.300 bits per heavy atom. The molecule has 10 heavy (non-hydrogen) atoms. The fourth-order valence-corrected chi connectivity index (χ4v) is 0. The molecule has 0 saturated carbocycles. The van der Waals surface area contributed by atoms with Crippen LogP contribution in [-0.2, 0) is 0 Å². The second-order valence-corrected chi connectivity index (χ2v) is 0. The predicted molar refractivity (Wildman–Crippen MR) is 29.5 cm³/mol. The van der Waals surface area contributed by atoms with Crippen LogP contribution in [0.15, 0.2) is 0 Å². The maximum Gasteiger partial charge on any atom is 1.00 e. The second kappa shape index (κ2) is 68.6. The SMILES string of the molecule is Cl.Cl.Cl.[H-].[H-].[H-].[H-].[H-].[H-].[H-].[Na+].[Na+].[Na+].[Na+].[Na+].[Na+].[Na+]. The van der Waals surface area contributed by atoms with Crippen molar-refractivity contribution in [3.8, 4) is 0 Å². The van der Waals surface area contributed by atoms with Crippen LogP contribution in [0.4, 0.5) is 0 Å². The standard InChI is InChI=1S/3ClH.7Na.7H/h3*1H;;;;;;;;;;;;;;/q;;;7*+1;7*-1. The van der Waals surface area contributed by atoms with Gasteiger partial charge >= 0.3 is 207 Å². The zero-order chi connectivity index (χ0) is 0. The second-order valence-electron chi connectivity index (χ2n) is 0. The number of hydrogen-bond donors (Lipinski definition) is 0. The number of rotatable bonds is 0. The summed E-state index contributed by atoms with van der Waals surface area (Å²) >= 11 is 0. The summed E-state index contributed by atoms with van der Waals surface area (Å²) in [5.74, 6) is 0. The van der Waals surface area contributed by atoms with Crippen molar-refractivity contribution in [1.29, 1.82) is 0 Å². The zero-order valence-electron chi connectivity index (χ0n) is 15.2. The summed E-state index contributed by atoms with van der Waals surface area (Å²) in [5.41, 5.74) is 0. The Kier molecular flexibility index (Phi) is 563. The van der Waals surface area contributed by atoms with E-state index < -0.39 is 0 Å². The topological polar surface area (TPSA) is 0 Å². The quantitative estimate of drug-likeness (QED) is 0.386. The van der Waals surface area contributed by atoms with Gasteiger partial charge in [0.15, 0.2) is 0 Å². The molecule has 0 atom stereocenters. The smallest absolute Gasteiger partial charge is 1.00 e. The first-order valence-electron chi connectivity index (χ1n) is 0. The van der Waals surface area contributed by atoms with Crippen LogP contribution in [0.3, 0.4) is 0 Å². The Balaban J connectivity index is 0. The van der Waals surface area contributed by atoms with Crippen molar-refractivity contribution in [2.45, 2.75) is 0 Å². The molecule has 0 amide bonds. The van der Waals surface area contributed by atoms with Crippen LogP contribution in [0, 0.1) is 0 Å². The minimum atomic E-state index is 0. The fourth-order valence-electron chi connectivity index (χ4n) is 0. The van der Waals surface area contributed by atoms with Gasteiger partial charge in [0.25, 0.3) is 0 Å². The van der Waals surface area contributed by atoms with E-state index in [2.05, 4.69) is 0 Å². The van der Waals surface area contributed by atoms with Gasteiger partial charge in [-0.05, 0) is 0 Å². The summed E-state index contributed by atoms with van der Waals surface area (Å²) in [6.07, 6.45) is 0. The van der Waals surface area contributed by atoms with Crippen molar-refractivity contribution in [1.82, 2.24) is 0 Å². The van der Waals surface area contributed by atoms with E-state index >= 15 is 0 Å². The van der Waals surface area contributed by atoms with Gasteiger partial charge in [-0.1, -0.05) is 0 Å². The molecule has 0 aliphatic heterocycles. The third-order valence-corrected chi connectivity index (χ3v) is 0. The molecular formula is H10Cl3Na7. The first-order valence-corrected chi connectivity index (χ1v) is 0. The third kappa shape index (κ3) is 56.7. The van der Waals surface area contributed by atoms with E-state index in [0.29, 0.717) is 0 Å². The minimum absolute atomic E-state index is 0. The summed E-state index contributed by atoms with van der Waals surface area (Å²) in [4.78, 5) is 0. The Hall–Kier alpha value is 7.87. The van der Waals surface area contributed by atoms with Gasteiger partial charge in [-0.2, -0.15) is 0 Å². The number of halogens is 3. The number of hydrogen-bond acceptors (Lipinski definition) is 0. The van der Waals surface area contributed by atoms with Gasteiger partial charge in [-0.25, -0.2) is 0 Å². The van der Waals surface area contributed by atoms with E-state index in [-0.39, 0.29) is 254 Å². The molecular weight excluding hydrogens is 267 g/mol.